The molecule has 68 valence electrons. The van der Waals surface area contributed by atoms with Gasteiger partial charge in [0.1, 0.15) is 0 Å². The van der Waals surface area contributed by atoms with Crippen LogP contribution in [0, 0.1) is 0 Å². The van der Waals surface area contributed by atoms with Crippen molar-refractivity contribution >= 4 is 27.8 Å². The summed E-state index contributed by atoms with van der Waals surface area (Å²) in [6, 6.07) is 7.04. The monoisotopic (exact) mass is 242 g/mol. The normalized spacial score (nSPS) is 11.5. The second-order valence-corrected chi connectivity index (χ2v) is 3.52. The molecule has 1 aromatic carbocycles. The summed E-state index contributed by atoms with van der Waals surface area (Å²) in [5.41, 5.74) is 0.677. The molecule has 0 atom stereocenters. The number of allylic oxidation sites excluding steroid dienone is 1. The Morgan fingerprint density at radius 2 is 1.92 bits per heavy atom. The lowest BCUT2D eigenvalue weighted by atomic mass is 10.2. The number of halogens is 2. The average molecular weight is 243 g/mol. The quantitative estimate of drug-likeness (QED) is 0.728. The minimum atomic E-state index is -0.720. The van der Waals surface area contributed by atoms with E-state index < -0.39 is 11.6 Å². The molecule has 0 heterocycles. The number of carbonyl (C=O) groups is 1. The van der Waals surface area contributed by atoms with Gasteiger partial charge in [0.25, 0.3) is 0 Å². The summed E-state index contributed by atoms with van der Waals surface area (Å²) < 4.78 is 13.7. The Kier molecular flexibility index (Phi) is 3.37. The fourth-order valence-corrected chi connectivity index (χ4v) is 1.07. The maximum absolute atomic E-state index is 12.8. The van der Waals surface area contributed by atoms with E-state index in [0.29, 0.717) is 5.56 Å². The summed E-state index contributed by atoms with van der Waals surface area (Å²) in [4.78, 5) is 10.6. The van der Waals surface area contributed by atoms with Gasteiger partial charge in [-0.1, -0.05) is 28.1 Å². The Morgan fingerprint density at radius 1 is 1.38 bits per heavy atom. The van der Waals surface area contributed by atoms with Gasteiger partial charge < -0.3 is 0 Å². The highest BCUT2D eigenvalue weighted by Gasteiger charge is 2.00. The molecule has 1 nitrogen and oxygen atoms in total. The number of hydrogen-bond acceptors (Lipinski definition) is 1. The van der Waals surface area contributed by atoms with Gasteiger partial charge in [-0.25, -0.2) is 4.39 Å². The zero-order valence-corrected chi connectivity index (χ0v) is 8.64. The third-order valence-electron chi connectivity index (χ3n) is 1.50. The topological polar surface area (TPSA) is 17.1 Å². The van der Waals surface area contributed by atoms with Crippen molar-refractivity contribution in [2.75, 3.05) is 0 Å². The molecule has 0 aliphatic carbocycles. The third kappa shape index (κ3) is 3.11. The van der Waals surface area contributed by atoms with Crippen molar-refractivity contribution < 1.29 is 9.18 Å². The van der Waals surface area contributed by atoms with Crippen LogP contribution >= 0.6 is 15.9 Å². The van der Waals surface area contributed by atoms with Crippen molar-refractivity contribution in [3.8, 4) is 0 Å². The lowest BCUT2D eigenvalue weighted by Crippen LogP contribution is -1.88. The summed E-state index contributed by atoms with van der Waals surface area (Å²) >= 11 is 3.26. The minimum absolute atomic E-state index is 0.553. The predicted octanol–water partition coefficient (Wildman–Crippen LogP) is 3.35. The van der Waals surface area contributed by atoms with Crippen LogP contribution in [0.2, 0.25) is 0 Å². The summed E-state index contributed by atoms with van der Waals surface area (Å²) in [5.74, 6) is -1.27. The second kappa shape index (κ2) is 4.33. The van der Waals surface area contributed by atoms with E-state index in [4.69, 9.17) is 0 Å². The predicted molar refractivity (Wildman–Crippen MR) is 53.9 cm³/mol. The summed E-state index contributed by atoms with van der Waals surface area (Å²) in [5, 5.41) is 0. The maximum Gasteiger partial charge on any atom is 0.188 e. The summed E-state index contributed by atoms with van der Waals surface area (Å²) in [7, 11) is 0. The third-order valence-corrected chi connectivity index (χ3v) is 2.03. The van der Waals surface area contributed by atoms with Crippen LogP contribution in [0.15, 0.2) is 34.6 Å². The van der Waals surface area contributed by atoms with E-state index in [0.717, 1.165) is 4.47 Å². The number of hydrogen-bond donors (Lipinski definition) is 0. The van der Waals surface area contributed by atoms with E-state index in [2.05, 4.69) is 15.9 Å². The standard InChI is InChI=1S/C10H8BrFO/c1-7(13)10(12)6-8-2-4-9(11)5-3-8/h2-6H,1H3/b10-6-. The number of rotatable bonds is 2. The van der Waals surface area contributed by atoms with Gasteiger partial charge in [-0.2, -0.15) is 0 Å². The Bertz CT molecular complexity index is 340. The first kappa shape index (κ1) is 10.1. The molecule has 0 unspecified atom stereocenters. The van der Waals surface area contributed by atoms with Crippen molar-refractivity contribution in [1.29, 1.82) is 0 Å². The van der Waals surface area contributed by atoms with E-state index in [1.54, 1.807) is 24.3 Å². The molecule has 0 fully saturated rings. The summed E-state index contributed by atoms with van der Waals surface area (Å²) in [6.45, 7) is 1.20. The molecule has 3 heteroatoms. The number of carbonyl (C=O) groups excluding carboxylic acids is 1. The van der Waals surface area contributed by atoms with E-state index in [1.165, 1.54) is 13.0 Å². The number of Topliss-reactive ketones (excluding diaryl/α,β-unsaturated/α-hetero) is 1. The van der Waals surface area contributed by atoms with E-state index in [-0.39, 0.29) is 0 Å². The maximum atomic E-state index is 12.8. The van der Waals surface area contributed by atoms with Gasteiger partial charge in [-0.15, -0.1) is 0 Å². The molecule has 0 radical (unpaired) electrons. The minimum Gasteiger partial charge on any atom is -0.292 e. The average Bonchev–Trinajstić information content (AvgIpc) is 2.08. The van der Waals surface area contributed by atoms with Crippen LogP contribution in [0.5, 0.6) is 0 Å². The van der Waals surface area contributed by atoms with Gasteiger partial charge in [0, 0.05) is 11.4 Å². The SMILES string of the molecule is CC(=O)/C(F)=C/c1ccc(Br)cc1. The first-order valence-corrected chi connectivity index (χ1v) is 4.52. The van der Waals surface area contributed by atoms with Crippen LogP contribution in [0.4, 0.5) is 4.39 Å². The van der Waals surface area contributed by atoms with Crippen LogP contribution in [0.25, 0.3) is 6.08 Å². The molecule has 1 aromatic rings. The Morgan fingerprint density at radius 3 is 2.38 bits per heavy atom. The molecule has 0 aromatic heterocycles. The smallest absolute Gasteiger partial charge is 0.188 e. The molecule has 0 amide bonds. The van der Waals surface area contributed by atoms with Crippen molar-refractivity contribution in [2.45, 2.75) is 6.92 Å². The highest BCUT2D eigenvalue weighted by molar-refractivity contribution is 9.10. The van der Waals surface area contributed by atoms with Gasteiger partial charge in [-0.3, -0.25) is 4.79 Å². The fourth-order valence-electron chi connectivity index (χ4n) is 0.807. The molecular formula is C10H8BrFO. The molecule has 1 rings (SSSR count). The number of benzene rings is 1. The molecule has 0 aliphatic rings. The summed E-state index contributed by atoms with van der Waals surface area (Å²) in [6.07, 6.45) is 1.22. The van der Waals surface area contributed by atoms with Crippen molar-refractivity contribution in [3.63, 3.8) is 0 Å². The fraction of sp³-hybridized carbons (Fsp3) is 0.100. The lowest BCUT2D eigenvalue weighted by Gasteiger charge is -1.94. The molecule has 0 bridgehead atoms. The molecule has 0 saturated heterocycles. The largest absolute Gasteiger partial charge is 0.292 e. The van der Waals surface area contributed by atoms with Crippen LogP contribution in [0.1, 0.15) is 12.5 Å². The molecule has 0 N–H and O–H groups in total. The molecule has 0 spiro atoms. The van der Waals surface area contributed by atoms with E-state index in [1.807, 2.05) is 0 Å². The van der Waals surface area contributed by atoms with Gasteiger partial charge in [0.05, 0.1) is 0 Å². The first-order valence-electron chi connectivity index (χ1n) is 3.73. The van der Waals surface area contributed by atoms with Crippen molar-refractivity contribution in [1.82, 2.24) is 0 Å². The van der Waals surface area contributed by atoms with Crippen LogP contribution < -0.4 is 0 Å². The molecule has 0 aliphatic heterocycles. The molecule has 0 saturated carbocycles. The zero-order chi connectivity index (χ0) is 9.84. The molecule has 13 heavy (non-hydrogen) atoms. The van der Waals surface area contributed by atoms with Crippen LogP contribution in [-0.4, -0.2) is 5.78 Å². The lowest BCUT2D eigenvalue weighted by molar-refractivity contribution is -0.114. The van der Waals surface area contributed by atoms with E-state index in [9.17, 15) is 9.18 Å². The highest BCUT2D eigenvalue weighted by atomic mass is 79.9. The van der Waals surface area contributed by atoms with E-state index >= 15 is 0 Å². The zero-order valence-electron chi connectivity index (χ0n) is 7.05. The Labute approximate surface area is 84.4 Å². The Hall–Kier alpha value is -0.960. The highest BCUT2D eigenvalue weighted by Crippen LogP contribution is 2.13. The number of ketones is 1. The van der Waals surface area contributed by atoms with Crippen LogP contribution in [0.3, 0.4) is 0 Å². The van der Waals surface area contributed by atoms with Gasteiger partial charge in [-0.05, 0) is 23.8 Å². The van der Waals surface area contributed by atoms with Gasteiger partial charge in [0.2, 0.25) is 0 Å². The second-order valence-electron chi connectivity index (χ2n) is 2.60. The Balaban J connectivity index is 2.92. The van der Waals surface area contributed by atoms with Crippen molar-refractivity contribution in [3.05, 3.63) is 40.1 Å². The van der Waals surface area contributed by atoms with Crippen LogP contribution in [-0.2, 0) is 4.79 Å². The molecular weight excluding hydrogens is 235 g/mol. The van der Waals surface area contributed by atoms with Crippen molar-refractivity contribution in [2.24, 2.45) is 0 Å². The van der Waals surface area contributed by atoms with Gasteiger partial charge >= 0.3 is 0 Å². The van der Waals surface area contributed by atoms with Gasteiger partial charge in [0.15, 0.2) is 11.6 Å². The first-order chi connectivity index (χ1) is 6.09.